The van der Waals surface area contributed by atoms with Gasteiger partial charge in [0.05, 0.1) is 6.04 Å². The minimum atomic E-state index is -1.46. The van der Waals surface area contributed by atoms with Gasteiger partial charge in [-0.3, -0.25) is 19.2 Å². The summed E-state index contributed by atoms with van der Waals surface area (Å²) < 4.78 is 0. The number of carbonyl (C=O) groups is 5. The fraction of sp³-hybridized carbons (Fsp3) is 0.522. The van der Waals surface area contributed by atoms with Gasteiger partial charge in [0.1, 0.15) is 18.1 Å². The lowest BCUT2D eigenvalue weighted by Crippen LogP contribution is -2.58. The molecule has 1 aromatic rings. The highest BCUT2D eigenvalue weighted by Gasteiger charge is 2.30. The van der Waals surface area contributed by atoms with Crippen LogP contribution in [0.3, 0.4) is 0 Å². The quantitative estimate of drug-likeness (QED) is 0.160. The molecule has 0 bridgehead atoms. The van der Waals surface area contributed by atoms with E-state index in [1.807, 2.05) is 13.8 Å². The molecule has 1 aromatic carbocycles. The van der Waals surface area contributed by atoms with E-state index in [1.54, 1.807) is 30.3 Å². The third kappa shape index (κ3) is 11.2. The summed E-state index contributed by atoms with van der Waals surface area (Å²) in [5.74, 6) is -4.54. The highest BCUT2D eigenvalue weighted by molar-refractivity contribution is 7.80. The molecule has 11 nitrogen and oxygen atoms in total. The Morgan fingerprint density at radius 3 is 1.94 bits per heavy atom. The molecule has 4 unspecified atom stereocenters. The summed E-state index contributed by atoms with van der Waals surface area (Å²) >= 11 is 4.12. The summed E-state index contributed by atoms with van der Waals surface area (Å²) in [5, 5.41) is 25.6. The molecule has 0 aliphatic rings. The van der Waals surface area contributed by atoms with Crippen LogP contribution in [0.25, 0.3) is 0 Å². The van der Waals surface area contributed by atoms with E-state index in [1.165, 1.54) is 0 Å². The van der Waals surface area contributed by atoms with Crippen molar-refractivity contribution in [1.29, 1.82) is 0 Å². The summed E-state index contributed by atoms with van der Waals surface area (Å²) in [6, 6.07) is 4.16. The second kappa shape index (κ2) is 15.0. The first-order chi connectivity index (χ1) is 16.4. The predicted molar refractivity (Wildman–Crippen MR) is 132 cm³/mol. The van der Waals surface area contributed by atoms with Crippen molar-refractivity contribution in [3.63, 3.8) is 0 Å². The number of amides is 3. The smallest absolute Gasteiger partial charge is 0.326 e. The maximum absolute atomic E-state index is 12.9. The molecular formula is C23H34N4O7S. The molecule has 4 atom stereocenters. The van der Waals surface area contributed by atoms with Gasteiger partial charge in [-0.05, 0) is 24.3 Å². The minimum Gasteiger partial charge on any atom is -0.481 e. The number of thiol groups is 1. The zero-order chi connectivity index (χ0) is 26.5. The summed E-state index contributed by atoms with van der Waals surface area (Å²) in [7, 11) is 0. The van der Waals surface area contributed by atoms with Crippen molar-refractivity contribution in [1.82, 2.24) is 16.0 Å². The Hall–Kier alpha value is -3.12. The Bertz CT molecular complexity index is 882. The van der Waals surface area contributed by atoms with Crippen LogP contribution in [-0.2, 0) is 30.4 Å². The molecule has 0 aliphatic carbocycles. The number of benzene rings is 1. The normalized spacial score (nSPS) is 14.3. The number of aliphatic carboxylic acids is 2. The Labute approximate surface area is 209 Å². The van der Waals surface area contributed by atoms with E-state index in [0.29, 0.717) is 12.0 Å². The SMILES string of the molecule is CC(C)CC(N)C(=O)NC(CS)C(=O)NC(Cc1ccccc1)C(=O)NC(CCC(=O)O)C(=O)O. The van der Waals surface area contributed by atoms with Crippen molar-refractivity contribution in [2.45, 2.75) is 63.7 Å². The van der Waals surface area contributed by atoms with Gasteiger partial charge >= 0.3 is 11.9 Å². The molecule has 0 saturated carbocycles. The Kier molecular flexibility index (Phi) is 12.8. The van der Waals surface area contributed by atoms with Gasteiger partial charge in [-0.25, -0.2) is 4.79 Å². The zero-order valence-corrected chi connectivity index (χ0v) is 20.7. The molecule has 0 aromatic heterocycles. The number of nitrogens with two attached hydrogens (primary N) is 1. The van der Waals surface area contributed by atoms with Crippen molar-refractivity contribution in [2.75, 3.05) is 5.75 Å². The van der Waals surface area contributed by atoms with E-state index in [2.05, 4.69) is 28.6 Å². The summed E-state index contributed by atoms with van der Waals surface area (Å²) in [6.45, 7) is 3.81. The van der Waals surface area contributed by atoms with Gasteiger partial charge < -0.3 is 31.9 Å². The van der Waals surface area contributed by atoms with Crippen LogP contribution < -0.4 is 21.7 Å². The molecule has 0 aliphatic heterocycles. The molecule has 0 radical (unpaired) electrons. The second-order valence-corrected chi connectivity index (χ2v) is 8.93. The molecule has 12 heteroatoms. The van der Waals surface area contributed by atoms with Crippen molar-refractivity contribution in [2.24, 2.45) is 11.7 Å². The highest BCUT2D eigenvalue weighted by Crippen LogP contribution is 2.07. The predicted octanol–water partition coefficient (Wildman–Crippen LogP) is -0.0639. The lowest BCUT2D eigenvalue weighted by molar-refractivity contribution is -0.143. The number of nitrogens with one attached hydrogen (secondary N) is 3. The number of carboxylic acid groups (broad SMARTS) is 2. The fourth-order valence-corrected chi connectivity index (χ4v) is 3.47. The largest absolute Gasteiger partial charge is 0.481 e. The van der Waals surface area contributed by atoms with Gasteiger partial charge in [-0.15, -0.1) is 0 Å². The fourth-order valence-electron chi connectivity index (χ4n) is 3.22. The van der Waals surface area contributed by atoms with E-state index in [0.717, 1.165) is 0 Å². The highest BCUT2D eigenvalue weighted by atomic mass is 32.1. The van der Waals surface area contributed by atoms with E-state index in [9.17, 15) is 29.1 Å². The van der Waals surface area contributed by atoms with Gasteiger partial charge in [0, 0.05) is 18.6 Å². The lowest BCUT2D eigenvalue weighted by Gasteiger charge is -2.25. The van der Waals surface area contributed by atoms with Crippen molar-refractivity contribution >= 4 is 42.3 Å². The average Bonchev–Trinajstić information content (AvgIpc) is 2.79. The number of carbonyl (C=O) groups excluding carboxylic acids is 3. The topological polar surface area (TPSA) is 188 Å². The number of rotatable bonds is 15. The van der Waals surface area contributed by atoms with Gasteiger partial charge in [-0.1, -0.05) is 44.2 Å². The van der Waals surface area contributed by atoms with Crippen LogP contribution in [0.1, 0.15) is 38.7 Å². The third-order valence-electron chi connectivity index (χ3n) is 5.05. The lowest BCUT2D eigenvalue weighted by atomic mass is 10.0. The maximum atomic E-state index is 12.9. The first kappa shape index (κ1) is 29.9. The maximum Gasteiger partial charge on any atom is 0.326 e. The first-order valence-corrected chi connectivity index (χ1v) is 11.8. The molecule has 35 heavy (non-hydrogen) atoms. The molecular weight excluding hydrogens is 476 g/mol. The van der Waals surface area contributed by atoms with Crippen LogP contribution in [0.15, 0.2) is 30.3 Å². The van der Waals surface area contributed by atoms with Crippen LogP contribution in [-0.4, -0.2) is 69.8 Å². The Morgan fingerprint density at radius 1 is 0.886 bits per heavy atom. The zero-order valence-electron chi connectivity index (χ0n) is 19.8. The number of carboxylic acids is 2. The molecule has 0 fully saturated rings. The van der Waals surface area contributed by atoms with Crippen LogP contribution in [0.2, 0.25) is 0 Å². The summed E-state index contributed by atoms with van der Waals surface area (Å²) in [4.78, 5) is 60.5. The van der Waals surface area contributed by atoms with E-state index in [-0.39, 0.29) is 24.5 Å². The van der Waals surface area contributed by atoms with Crippen LogP contribution >= 0.6 is 12.6 Å². The molecule has 0 saturated heterocycles. The number of hydrogen-bond acceptors (Lipinski definition) is 7. The molecule has 1 rings (SSSR count). The van der Waals surface area contributed by atoms with Gasteiger partial charge in [-0.2, -0.15) is 12.6 Å². The van der Waals surface area contributed by atoms with Gasteiger partial charge in [0.15, 0.2) is 0 Å². The van der Waals surface area contributed by atoms with Crippen LogP contribution in [0.4, 0.5) is 0 Å². The standard InChI is InChI=1S/C23H34N4O7S/c1-13(2)10-15(24)20(30)27-18(12-35)22(32)26-17(11-14-6-4-3-5-7-14)21(31)25-16(23(33)34)8-9-19(28)29/h3-7,13,15-18,35H,8-12,24H2,1-2H3,(H,25,31)(H,26,32)(H,27,30)(H,28,29)(H,33,34). The molecule has 3 amide bonds. The minimum absolute atomic E-state index is 0.0315. The van der Waals surface area contributed by atoms with E-state index >= 15 is 0 Å². The first-order valence-electron chi connectivity index (χ1n) is 11.2. The summed E-state index contributed by atoms with van der Waals surface area (Å²) in [5.41, 5.74) is 6.57. The molecule has 7 N–H and O–H groups in total. The van der Waals surface area contributed by atoms with E-state index < -0.39 is 60.2 Å². The van der Waals surface area contributed by atoms with Crippen LogP contribution in [0, 0.1) is 5.92 Å². The van der Waals surface area contributed by atoms with Crippen molar-refractivity contribution in [3.05, 3.63) is 35.9 Å². The average molecular weight is 511 g/mol. The van der Waals surface area contributed by atoms with Crippen molar-refractivity contribution in [3.8, 4) is 0 Å². The Morgan fingerprint density at radius 2 is 1.43 bits per heavy atom. The van der Waals surface area contributed by atoms with Crippen molar-refractivity contribution < 1.29 is 34.2 Å². The second-order valence-electron chi connectivity index (χ2n) is 8.56. The molecule has 0 spiro atoms. The van der Waals surface area contributed by atoms with E-state index in [4.69, 9.17) is 10.8 Å². The van der Waals surface area contributed by atoms with Gasteiger partial charge in [0.2, 0.25) is 17.7 Å². The van der Waals surface area contributed by atoms with Crippen LogP contribution in [0.5, 0.6) is 0 Å². The number of hydrogen-bond donors (Lipinski definition) is 7. The molecule has 0 heterocycles. The Balaban J connectivity index is 3.00. The van der Waals surface area contributed by atoms with Gasteiger partial charge in [0.25, 0.3) is 0 Å². The third-order valence-corrected chi connectivity index (χ3v) is 5.42. The summed E-state index contributed by atoms with van der Waals surface area (Å²) in [6.07, 6.45) is -0.342. The molecule has 194 valence electrons. The monoisotopic (exact) mass is 510 g/mol.